The number of fused-ring (bicyclic) bond motifs is 1. The molecular formula is C12H10N6O2. The van der Waals surface area contributed by atoms with Gasteiger partial charge in [0, 0.05) is 6.54 Å². The molecule has 0 atom stereocenters. The average molecular weight is 270 g/mol. The Balaban J connectivity index is 1.75. The monoisotopic (exact) mass is 270 g/mol. The highest BCUT2D eigenvalue weighted by Gasteiger charge is 2.04. The second-order valence-corrected chi connectivity index (χ2v) is 4.10. The van der Waals surface area contributed by atoms with Gasteiger partial charge in [0.25, 0.3) is 0 Å². The Morgan fingerprint density at radius 1 is 1.30 bits per heavy atom. The van der Waals surface area contributed by atoms with E-state index in [4.69, 9.17) is 5.11 Å². The van der Waals surface area contributed by atoms with Crippen LogP contribution in [0.1, 0.15) is 15.9 Å². The predicted molar refractivity (Wildman–Crippen MR) is 69.3 cm³/mol. The van der Waals surface area contributed by atoms with E-state index in [0.717, 1.165) is 5.56 Å². The number of hydrogen-bond donors (Lipinski definition) is 2. The topological polar surface area (TPSA) is 105 Å². The van der Waals surface area contributed by atoms with E-state index in [1.165, 1.54) is 4.63 Å². The minimum atomic E-state index is -0.944. The number of nitrogens with one attached hydrogen (secondary N) is 1. The maximum absolute atomic E-state index is 10.9. The Kier molecular flexibility index (Phi) is 2.96. The standard InChI is InChI=1S/C12H10N6O2/c19-12(20)9-3-1-2-8(6-9)7-13-10-4-5-11-14-16-17-18(11)15-10/h1-6H,7H2,(H,13,15)(H,19,20). The lowest BCUT2D eigenvalue weighted by molar-refractivity contribution is 0.0697. The molecule has 2 aromatic heterocycles. The normalized spacial score (nSPS) is 10.6. The summed E-state index contributed by atoms with van der Waals surface area (Å²) < 4.78 is 1.32. The van der Waals surface area contributed by atoms with Crippen LogP contribution in [0.4, 0.5) is 5.82 Å². The number of benzene rings is 1. The molecule has 3 aromatic rings. The van der Waals surface area contributed by atoms with Gasteiger partial charge in [0.15, 0.2) is 5.65 Å². The van der Waals surface area contributed by atoms with Crippen molar-refractivity contribution in [3.05, 3.63) is 47.5 Å². The Morgan fingerprint density at radius 3 is 3.05 bits per heavy atom. The summed E-state index contributed by atoms with van der Waals surface area (Å²) >= 11 is 0. The number of tetrazole rings is 1. The molecule has 0 radical (unpaired) electrons. The number of aromatic nitrogens is 5. The molecule has 2 heterocycles. The molecule has 8 heteroatoms. The minimum absolute atomic E-state index is 0.258. The molecule has 0 saturated heterocycles. The van der Waals surface area contributed by atoms with Crippen LogP contribution < -0.4 is 5.32 Å². The van der Waals surface area contributed by atoms with Crippen molar-refractivity contribution in [2.24, 2.45) is 0 Å². The number of aromatic carboxylic acids is 1. The van der Waals surface area contributed by atoms with Crippen molar-refractivity contribution >= 4 is 17.4 Å². The number of nitrogens with zero attached hydrogens (tertiary/aromatic N) is 5. The van der Waals surface area contributed by atoms with Crippen molar-refractivity contribution in [3.63, 3.8) is 0 Å². The molecule has 1 aromatic carbocycles. The van der Waals surface area contributed by atoms with Crippen LogP contribution in [-0.2, 0) is 6.54 Å². The highest BCUT2D eigenvalue weighted by molar-refractivity contribution is 5.87. The van der Waals surface area contributed by atoms with Crippen LogP contribution in [0.15, 0.2) is 36.4 Å². The zero-order chi connectivity index (χ0) is 13.9. The van der Waals surface area contributed by atoms with Crippen LogP contribution in [0, 0.1) is 0 Å². The molecule has 0 aliphatic heterocycles. The van der Waals surface area contributed by atoms with Gasteiger partial charge in [0.1, 0.15) is 5.82 Å². The number of anilines is 1. The first-order valence-electron chi connectivity index (χ1n) is 5.84. The molecule has 0 aliphatic rings. The number of hydrogen-bond acceptors (Lipinski definition) is 6. The lowest BCUT2D eigenvalue weighted by Crippen LogP contribution is -2.05. The van der Waals surface area contributed by atoms with Gasteiger partial charge in [-0.25, -0.2) is 4.79 Å². The van der Waals surface area contributed by atoms with E-state index in [9.17, 15) is 4.79 Å². The molecule has 2 N–H and O–H groups in total. The molecule has 3 rings (SSSR count). The third-order valence-corrected chi connectivity index (χ3v) is 2.72. The molecule has 0 fully saturated rings. The Morgan fingerprint density at radius 2 is 2.20 bits per heavy atom. The van der Waals surface area contributed by atoms with Gasteiger partial charge in [0.2, 0.25) is 0 Å². The minimum Gasteiger partial charge on any atom is -0.478 e. The summed E-state index contributed by atoms with van der Waals surface area (Å²) in [6, 6.07) is 10.2. The maximum Gasteiger partial charge on any atom is 0.335 e. The van der Waals surface area contributed by atoms with Gasteiger partial charge in [-0.3, -0.25) is 0 Å². The van der Waals surface area contributed by atoms with Gasteiger partial charge in [-0.15, -0.1) is 14.8 Å². The van der Waals surface area contributed by atoms with Crippen molar-refractivity contribution in [1.29, 1.82) is 0 Å². The molecular weight excluding hydrogens is 260 g/mol. The number of carbonyl (C=O) groups is 1. The molecule has 0 aliphatic carbocycles. The first-order chi connectivity index (χ1) is 9.72. The summed E-state index contributed by atoms with van der Waals surface area (Å²) in [5, 5.41) is 27.1. The smallest absolute Gasteiger partial charge is 0.335 e. The highest BCUT2D eigenvalue weighted by Crippen LogP contribution is 2.09. The maximum atomic E-state index is 10.9. The quantitative estimate of drug-likeness (QED) is 0.723. The van der Waals surface area contributed by atoms with E-state index in [-0.39, 0.29) is 5.56 Å². The van der Waals surface area contributed by atoms with Crippen molar-refractivity contribution in [2.45, 2.75) is 6.54 Å². The predicted octanol–water partition coefficient (Wildman–Crippen LogP) is 0.830. The van der Waals surface area contributed by atoms with E-state index >= 15 is 0 Å². The van der Waals surface area contributed by atoms with E-state index < -0.39 is 5.97 Å². The molecule has 0 bridgehead atoms. The molecule has 100 valence electrons. The first kappa shape index (κ1) is 12.0. The molecule has 0 spiro atoms. The fourth-order valence-corrected chi connectivity index (χ4v) is 1.75. The number of carboxylic acid groups (broad SMARTS) is 1. The van der Waals surface area contributed by atoms with Gasteiger partial charge in [0.05, 0.1) is 5.56 Å². The van der Waals surface area contributed by atoms with Crippen molar-refractivity contribution in [2.75, 3.05) is 5.32 Å². The molecule has 8 nitrogen and oxygen atoms in total. The third kappa shape index (κ3) is 2.39. The van der Waals surface area contributed by atoms with Crippen LogP contribution in [0.5, 0.6) is 0 Å². The summed E-state index contributed by atoms with van der Waals surface area (Å²) in [6.45, 7) is 0.460. The summed E-state index contributed by atoms with van der Waals surface area (Å²) in [7, 11) is 0. The third-order valence-electron chi connectivity index (χ3n) is 2.72. The van der Waals surface area contributed by atoms with Crippen LogP contribution in [-0.4, -0.2) is 36.3 Å². The van der Waals surface area contributed by atoms with Crippen molar-refractivity contribution in [3.8, 4) is 0 Å². The zero-order valence-electron chi connectivity index (χ0n) is 10.3. The Hall–Kier alpha value is -3.03. The van der Waals surface area contributed by atoms with Gasteiger partial charge in [-0.2, -0.15) is 0 Å². The average Bonchev–Trinajstić information content (AvgIpc) is 2.93. The lowest BCUT2D eigenvalue weighted by atomic mass is 10.1. The fourth-order valence-electron chi connectivity index (χ4n) is 1.75. The number of carboxylic acids is 1. The fraction of sp³-hybridized carbons (Fsp3) is 0.0833. The highest BCUT2D eigenvalue weighted by atomic mass is 16.4. The van der Waals surface area contributed by atoms with Crippen LogP contribution in [0.3, 0.4) is 0 Å². The second-order valence-electron chi connectivity index (χ2n) is 4.10. The zero-order valence-corrected chi connectivity index (χ0v) is 10.3. The van der Waals surface area contributed by atoms with Crippen LogP contribution >= 0.6 is 0 Å². The van der Waals surface area contributed by atoms with Gasteiger partial charge < -0.3 is 10.4 Å². The summed E-state index contributed by atoms with van der Waals surface area (Å²) in [5.41, 5.74) is 1.67. The van der Waals surface area contributed by atoms with E-state index in [2.05, 4.69) is 25.9 Å². The second kappa shape index (κ2) is 4.92. The Labute approximate surface area is 113 Å². The van der Waals surface area contributed by atoms with Crippen LogP contribution in [0.25, 0.3) is 5.65 Å². The van der Waals surface area contributed by atoms with E-state index in [1.54, 1.807) is 30.3 Å². The van der Waals surface area contributed by atoms with E-state index in [0.29, 0.717) is 18.0 Å². The molecule has 0 unspecified atom stereocenters. The van der Waals surface area contributed by atoms with Gasteiger partial charge in [-0.05, 0) is 40.3 Å². The van der Waals surface area contributed by atoms with Crippen LogP contribution in [0.2, 0.25) is 0 Å². The Bertz CT molecular complexity index is 769. The van der Waals surface area contributed by atoms with E-state index in [1.807, 2.05) is 6.07 Å². The molecule has 0 amide bonds. The summed E-state index contributed by atoms with van der Waals surface area (Å²) in [4.78, 5) is 10.9. The van der Waals surface area contributed by atoms with Crippen molar-refractivity contribution < 1.29 is 9.90 Å². The van der Waals surface area contributed by atoms with Gasteiger partial charge >= 0.3 is 5.97 Å². The summed E-state index contributed by atoms with van der Waals surface area (Å²) in [5.74, 6) is -0.342. The summed E-state index contributed by atoms with van der Waals surface area (Å²) in [6.07, 6.45) is 0. The van der Waals surface area contributed by atoms with Gasteiger partial charge in [-0.1, -0.05) is 12.1 Å². The SMILES string of the molecule is O=C(O)c1cccc(CNc2ccc3nnnn3n2)c1. The lowest BCUT2D eigenvalue weighted by Gasteiger charge is -2.06. The largest absolute Gasteiger partial charge is 0.478 e. The molecule has 0 saturated carbocycles. The van der Waals surface area contributed by atoms with Crippen molar-refractivity contribution in [1.82, 2.24) is 25.3 Å². The molecule has 20 heavy (non-hydrogen) atoms. The first-order valence-corrected chi connectivity index (χ1v) is 5.84. The number of rotatable bonds is 4.